The van der Waals surface area contributed by atoms with Crippen molar-refractivity contribution < 1.29 is 4.42 Å². The summed E-state index contributed by atoms with van der Waals surface area (Å²) < 4.78 is 6.75. The molecule has 0 radical (unpaired) electrons. The Morgan fingerprint density at radius 1 is 0.254 bits per heavy atom. The first-order valence-corrected chi connectivity index (χ1v) is 22.4. The van der Waals surface area contributed by atoms with Crippen LogP contribution in [-0.4, -0.2) is 19.9 Å². The van der Waals surface area contributed by atoms with Crippen molar-refractivity contribution in [3.63, 3.8) is 0 Å². The van der Waals surface area contributed by atoms with Gasteiger partial charge >= 0.3 is 0 Å². The SMILES string of the molecule is c1ccc(-c2cccc(-c3cc(-c4ccc(-c5ccc(-c6ccc(-c7cc(-c8ccccc8)nc(-c8ccccc8)n7)cc6)c6oc7ccccc7c56)cc4)nc(-c4ccccc4)n3)c2)cc1. The third kappa shape index (κ3) is 7.75. The van der Waals surface area contributed by atoms with E-state index >= 15 is 0 Å². The first-order chi connectivity index (χ1) is 33.2. The van der Waals surface area contributed by atoms with E-state index in [0.29, 0.717) is 11.6 Å². The number of fused-ring (bicyclic) bond motifs is 3. The topological polar surface area (TPSA) is 64.7 Å². The first-order valence-electron chi connectivity index (χ1n) is 22.4. The quantitative estimate of drug-likeness (QED) is 0.145. The van der Waals surface area contributed by atoms with Crippen molar-refractivity contribution in [1.29, 1.82) is 0 Å². The fourth-order valence-corrected chi connectivity index (χ4v) is 8.95. The summed E-state index contributed by atoms with van der Waals surface area (Å²) in [5, 5.41) is 2.15. The molecule has 0 saturated heterocycles. The van der Waals surface area contributed by atoms with Crippen molar-refractivity contribution in [2.24, 2.45) is 0 Å². The highest BCUT2D eigenvalue weighted by Gasteiger charge is 2.19. The highest BCUT2D eigenvalue weighted by Crippen LogP contribution is 2.43. The summed E-state index contributed by atoms with van der Waals surface area (Å²) in [4.78, 5) is 20.3. The Morgan fingerprint density at radius 2 is 0.642 bits per heavy atom. The molecule has 0 aliphatic rings. The van der Waals surface area contributed by atoms with Gasteiger partial charge < -0.3 is 4.42 Å². The Balaban J connectivity index is 0.912. The molecule has 67 heavy (non-hydrogen) atoms. The van der Waals surface area contributed by atoms with Crippen molar-refractivity contribution in [2.75, 3.05) is 0 Å². The number of para-hydroxylation sites is 1. The molecule has 0 aliphatic heterocycles. The molecule has 0 unspecified atom stereocenters. The predicted octanol–water partition coefficient (Wildman–Crippen LogP) is 16.2. The molecule has 5 heteroatoms. The number of rotatable bonds is 9. The van der Waals surface area contributed by atoms with Crippen LogP contribution in [0.2, 0.25) is 0 Å². The maximum absolute atomic E-state index is 6.75. The lowest BCUT2D eigenvalue weighted by atomic mass is 9.93. The standard InChI is InChI=1S/C62H40N4O/c1-5-16-41(17-6-1)49-24-15-25-50(38-49)57-40-56(65-62(66-57)48-22-11-4-12-23-48)45-32-28-42(29-33-45)51-36-37-52(60-59(51)53-26-13-14-27-58(53)67-60)43-30-34-46(35-31-43)55-39-54(44-18-7-2-8-19-44)63-61(64-55)47-20-9-3-10-21-47/h1-40H. The van der Waals surface area contributed by atoms with E-state index in [-0.39, 0.29) is 0 Å². The van der Waals surface area contributed by atoms with Gasteiger partial charge in [-0.1, -0.05) is 212 Å². The van der Waals surface area contributed by atoms with E-state index in [1.54, 1.807) is 0 Å². The smallest absolute Gasteiger partial charge is 0.160 e. The van der Waals surface area contributed by atoms with Crippen LogP contribution in [-0.2, 0) is 0 Å². The fraction of sp³-hybridized carbons (Fsp3) is 0. The van der Waals surface area contributed by atoms with Crippen LogP contribution in [0.1, 0.15) is 0 Å². The molecule has 9 aromatic carbocycles. The molecule has 12 aromatic rings. The second-order valence-electron chi connectivity index (χ2n) is 16.6. The lowest BCUT2D eigenvalue weighted by molar-refractivity contribution is 0.670. The lowest BCUT2D eigenvalue weighted by Crippen LogP contribution is -1.96. The average Bonchev–Trinajstić information content (AvgIpc) is 3.81. The molecule has 0 N–H and O–H groups in total. The second kappa shape index (κ2) is 17.1. The molecule has 0 spiro atoms. The molecule has 0 atom stereocenters. The van der Waals surface area contributed by atoms with Crippen LogP contribution in [0, 0.1) is 0 Å². The number of nitrogens with zero attached hydrogens (tertiary/aromatic N) is 4. The van der Waals surface area contributed by atoms with E-state index in [4.69, 9.17) is 24.4 Å². The Bertz CT molecular complexity index is 3640. The van der Waals surface area contributed by atoms with E-state index in [1.165, 1.54) is 0 Å². The highest BCUT2D eigenvalue weighted by molar-refractivity contribution is 6.16. The average molecular weight is 857 g/mol. The number of hydrogen-bond donors (Lipinski definition) is 0. The summed E-state index contributed by atoms with van der Waals surface area (Å²) in [5.74, 6) is 1.38. The van der Waals surface area contributed by atoms with Gasteiger partial charge in [0, 0.05) is 49.7 Å². The lowest BCUT2D eigenvalue weighted by Gasteiger charge is -2.12. The molecule has 0 amide bonds. The van der Waals surface area contributed by atoms with Crippen molar-refractivity contribution >= 4 is 21.9 Å². The van der Waals surface area contributed by atoms with Crippen molar-refractivity contribution in [3.05, 3.63) is 243 Å². The minimum absolute atomic E-state index is 0.684. The number of furan rings is 1. The predicted molar refractivity (Wildman–Crippen MR) is 274 cm³/mol. The van der Waals surface area contributed by atoms with E-state index in [0.717, 1.165) is 111 Å². The first kappa shape index (κ1) is 39.5. The minimum atomic E-state index is 0.684. The van der Waals surface area contributed by atoms with Gasteiger partial charge in [0.25, 0.3) is 0 Å². The number of benzene rings is 9. The van der Waals surface area contributed by atoms with Crippen LogP contribution >= 0.6 is 0 Å². The van der Waals surface area contributed by atoms with Crippen molar-refractivity contribution in [1.82, 2.24) is 19.9 Å². The molecule has 0 saturated carbocycles. The molecular formula is C62H40N4O. The van der Waals surface area contributed by atoms with Gasteiger partial charge in [0.2, 0.25) is 0 Å². The minimum Gasteiger partial charge on any atom is -0.455 e. The third-order valence-electron chi connectivity index (χ3n) is 12.4. The number of hydrogen-bond acceptors (Lipinski definition) is 5. The van der Waals surface area contributed by atoms with Gasteiger partial charge in [-0.15, -0.1) is 0 Å². The second-order valence-corrected chi connectivity index (χ2v) is 16.6. The zero-order valence-corrected chi connectivity index (χ0v) is 36.3. The van der Waals surface area contributed by atoms with Crippen LogP contribution in [0.25, 0.3) is 123 Å². The monoisotopic (exact) mass is 856 g/mol. The van der Waals surface area contributed by atoms with E-state index in [9.17, 15) is 0 Å². The Hall–Kier alpha value is -9.06. The summed E-state index contributed by atoms with van der Waals surface area (Å²) in [7, 11) is 0. The van der Waals surface area contributed by atoms with Gasteiger partial charge in [0.15, 0.2) is 11.6 Å². The zero-order valence-electron chi connectivity index (χ0n) is 36.3. The van der Waals surface area contributed by atoms with Crippen molar-refractivity contribution in [2.45, 2.75) is 0 Å². The van der Waals surface area contributed by atoms with Gasteiger partial charge in [-0.2, -0.15) is 0 Å². The van der Waals surface area contributed by atoms with Crippen molar-refractivity contribution in [3.8, 4) is 101 Å². The van der Waals surface area contributed by atoms with E-state index in [2.05, 4.69) is 170 Å². The fourth-order valence-electron chi connectivity index (χ4n) is 8.95. The van der Waals surface area contributed by atoms with Crippen LogP contribution in [0.4, 0.5) is 0 Å². The Kier molecular flexibility index (Phi) is 10.1. The summed E-state index contributed by atoms with van der Waals surface area (Å²) >= 11 is 0. The van der Waals surface area contributed by atoms with Crippen LogP contribution in [0.3, 0.4) is 0 Å². The molecule has 0 aliphatic carbocycles. The van der Waals surface area contributed by atoms with Gasteiger partial charge in [-0.3, -0.25) is 0 Å². The molecule has 12 rings (SSSR count). The highest BCUT2D eigenvalue weighted by atomic mass is 16.3. The van der Waals surface area contributed by atoms with Crippen LogP contribution < -0.4 is 0 Å². The van der Waals surface area contributed by atoms with Gasteiger partial charge in [-0.25, -0.2) is 19.9 Å². The third-order valence-corrected chi connectivity index (χ3v) is 12.4. The molecule has 3 aromatic heterocycles. The van der Waals surface area contributed by atoms with Crippen LogP contribution in [0.5, 0.6) is 0 Å². The molecular weight excluding hydrogens is 817 g/mol. The maximum Gasteiger partial charge on any atom is 0.160 e. The molecule has 5 nitrogen and oxygen atoms in total. The molecule has 0 fully saturated rings. The van der Waals surface area contributed by atoms with Crippen LogP contribution in [0.15, 0.2) is 247 Å². The molecule has 3 heterocycles. The molecule has 314 valence electrons. The van der Waals surface area contributed by atoms with Gasteiger partial charge in [0.05, 0.1) is 22.8 Å². The summed E-state index contributed by atoms with van der Waals surface area (Å²) in [6, 6.07) is 83.8. The summed E-state index contributed by atoms with van der Waals surface area (Å²) in [6.07, 6.45) is 0. The van der Waals surface area contributed by atoms with Gasteiger partial charge in [-0.05, 0) is 58.1 Å². The summed E-state index contributed by atoms with van der Waals surface area (Å²) in [6.45, 7) is 0. The summed E-state index contributed by atoms with van der Waals surface area (Å²) in [5.41, 5.74) is 17.7. The maximum atomic E-state index is 6.75. The van der Waals surface area contributed by atoms with E-state index in [1.807, 2.05) is 72.8 Å². The van der Waals surface area contributed by atoms with Gasteiger partial charge in [0.1, 0.15) is 11.2 Å². The normalized spacial score (nSPS) is 11.3. The Morgan fingerprint density at radius 3 is 1.19 bits per heavy atom. The van der Waals surface area contributed by atoms with E-state index < -0.39 is 0 Å². The largest absolute Gasteiger partial charge is 0.455 e. The Labute approximate surface area is 388 Å². The zero-order chi connectivity index (χ0) is 44.5. The molecule has 0 bridgehead atoms. The number of aromatic nitrogens is 4.